The SMILES string of the molecule is O=C(Nc1ccc(Cl)c(Cl)c1)C(=O)c1ccco1. The predicted molar refractivity (Wildman–Crippen MR) is 68.1 cm³/mol. The predicted octanol–water partition coefficient (Wildman–Crippen LogP) is 3.41. The number of anilines is 1. The molecule has 0 bridgehead atoms. The quantitative estimate of drug-likeness (QED) is 0.694. The van der Waals surface area contributed by atoms with Gasteiger partial charge in [-0.25, -0.2) is 0 Å². The zero-order valence-corrected chi connectivity index (χ0v) is 10.5. The summed E-state index contributed by atoms with van der Waals surface area (Å²) in [6.45, 7) is 0. The molecule has 0 spiro atoms. The van der Waals surface area contributed by atoms with Gasteiger partial charge in [-0.2, -0.15) is 0 Å². The van der Waals surface area contributed by atoms with E-state index in [9.17, 15) is 9.59 Å². The number of halogens is 2. The summed E-state index contributed by atoms with van der Waals surface area (Å²) in [4.78, 5) is 23.2. The number of rotatable bonds is 3. The summed E-state index contributed by atoms with van der Waals surface area (Å²) in [6, 6.07) is 7.46. The molecule has 0 aliphatic heterocycles. The van der Waals surface area contributed by atoms with Crippen LogP contribution in [-0.2, 0) is 4.79 Å². The van der Waals surface area contributed by atoms with E-state index in [0.29, 0.717) is 15.7 Å². The molecule has 0 aliphatic rings. The van der Waals surface area contributed by atoms with Crippen LogP contribution >= 0.6 is 23.2 Å². The Labute approximate surface area is 112 Å². The molecule has 0 saturated carbocycles. The average molecular weight is 284 g/mol. The highest BCUT2D eigenvalue weighted by molar-refractivity contribution is 6.46. The Hall–Kier alpha value is -1.78. The number of Topliss-reactive ketones (excluding diaryl/α,β-unsaturated/α-hetero) is 1. The van der Waals surface area contributed by atoms with Crippen molar-refractivity contribution in [3.63, 3.8) is 0 Å². The van der Waals surface area contributed by atoms with Crippen LogP contribution in [0, 0.1) is 0 Å². The first-order chi connectivity index (χ1) is 8.58. The number of amides is 1. The van der Waals surface area contributed by atoms with E-state index in [0.717, 1.165) is 0 Å². The van der Waals surface area contributed by atoms with E-state index in [4.69, 9.17) is 27.6 Å². The number of carbonyl (C=O) groups is 2. The minimum absolute atomic E-state index is 0.0208. The van der Waals surface area contributed by atoms with Crippen LogP contribution < -0.4 is 5.32 Å². The summed E-state index contributed by atoms with van der Waals surface area (Å²) < 4.78 is 4.84. The lowest BCUT2D eigenvalue weighted by Crippen LogP contribution is -2.22. The summed E-state index contributed by atoms with van der Waals surface area (Å²) in [5.41, 5.74) is 0.384. The summed E-state index contributed by atoms with van der Waals surface area (Å²) in [7, 11) is 0. The van der Waals surface area contributed by atoms with Crippen LogP contribution in [0.25, 0.3) is 0 Å². The third-order valence-corrected chi connectivity index (χ3v) is 2.87. The number of furan rings is 1. The van der Waals surface area contributed by atoms with Crippen LogP contribution in [0.15, 0.2) is 41.0 Å². The van der Waals surface area contributed by atoms with Gasteiger partial charge in [0.1, 0.15) is 0 Å². The van der Waals surface area contributed by atoms with E-state index in [-0.39, 0.29) is 5.76 Å². The van der Waals surface area contributed by atoms with Gasteiger partial charge in [-0.05, 0) is 30.3 Å². The monoisotopic (exact) mass is 283 g/mol. The minimum atomic E-state index is -0.802. The van der Waals surface area contributed by atoms with Crippen molar-refractivity contribution in [2.45, 2.75) is 0 Å². The Kier molecular flexibility index (Phi) is 3.69. The van der Waals surface area contributed by atoms with Gasteiger partial charge < -0.3 is 9.73 Å². The highest BCUT2D eigenvalue weighted by atomic mass is 35.5. The lowest BCUT2D eigenvalue weighted by Gasteiger charge is -2.04. The van der Waals surface area contributed by atoms with Crippen LogP contribution in [0.3, 0.4) is 0 Å². The molecular formula is C12H7Cl2NO3. The highest BCUT2D eigenvalue weighted by Crippen LogP contribution is 2.25. The first-order valence-corrected chi connectivity index (χ1v) is 5.68. The Morgan fingerprint density at radius 2 is 1.89 bits per heavy atom. The van der Waals surface area contributed by atoms with Crippen LogP contribution in [0.5, 0.6) is 0 Å². The fourth-order valence-electron chi connectivity index (χ4n) is 1.28. The van der Waals surface area contributed by atoms with E-state index >= 15 is 0 Å². The number of nitrogens with one attached hydrogen (secondary N) is 1. The molecule has 1 amide bonds. The minimum Gasteiger partial charge on any atom is -0.461 e. The first-order valence-electron chi connectivity index (χ1n) is 4.92. The van der Waals surface area contributed by atoms with E-state index < -0.39 is 11.7 Å². The van der Waals surface area contributed by atoms with Crippen molar-refractivity contribution in [1.82, 2.24) is 0 Å². The molecule has 18 heavy (non-hydrogen) atoms. The van der Waals surface area contributed by atoms with Crippen molar-refractivity contribution in [2.75, 3.05) is 5.32 Å². The van der Waals surface area contributed by atoms with Crippen molar-refractivity contribution >= 4 is 40.6 Å². The average Bonchev–Trinajstić information content (AvgIpc) is 2.86. The Balaban J connectivity index is 2.12. The van der Waals surface area contributed by atoms with Gasteiger partial charge in [0.2, 0.25) is 0 Å². The second kappa shape index (κ2) is 5.25. The molecule has 1 heterocycles. The summed E-state index contributed by atoms with van der Waals surface area (Å²) in [5, 5.41) is 3.07. The normalized spacial score (nSPS) is 10.1. The van der Waals surface area contributed by atoms with E-state index in [2.05, 4.69) is 5.32 Å². The van der Waals surface area contributed by atoms with Gasteiger partial charge >= 0.3 is 0 Å². The molecule has 1 N–H and O–H groups in total. The van der Waals surface area contributed by atoms with Gasteiger partial charge in [-0.1, -0.05) is 23.2 Å². The van der Waals surface area contributed by atoms with E-state index in [1.807, 2.05) is 0 Å². The standard InChI is InChI=1S/C12H7Cl2NO3/c13-8-4-3-7(6-9(8)14)15-12(17)11(16)10-2-1-5-18-10/h1-6H,(H,15,17). The molecule has 92 valence electrons. The number of ketones is 1. The molecule has 2 aromatic rings. The topological polar surface area (TPSA) is 59.3 Å². The molecule has 0 saturated heterocycles. The Morgan fingerprint density at radius 3 is 2.50 bits per heavy atom. The van der Waals surface area contributed by atoms with Gasteiger partial charge in [-0.3, -0.25) is 9.59 Å². The van der Waals surface area contributed by atoms with Crippen LogP contribution in [0.2, 0.25) is 10.0 Å². The van der Waals surface area contributed by atoms with Crippen molar-refractivity contribution in [3.8, 4) is 0 Å². The maximum atomic E-state index is 11.6. The van der Waals surface area contributed by atoms with Crippen LogP contribution in [0.4, 0.5) is 5.69 Å². The number of benzene rings is 1. The molecule has 0 atom stereocenters. The molecule has 0 aliphatic carbocycles. The van der Waals surface area contributed by atoms with E-state index in [1.165, 1.54) is 30.5 Å². The Morgan fingerprint density at radius 1 is 1.11 bits per heavy atom. The smallest absolute Gasteiger partial charge is 0.300 e. The lowest BCUT2D eigenvalue weighted by molar-refractivity contribution is -0.112. The van der Waals surface area contributed by atoms with Crippen molar-refractivity contribution in [3.05, 3.63) is 52.4 Å². The zero-order chi connectivity index (χ0) is 13.1. The summed E-state index contributed by atoms with van der Waals surface area (Å²) in [5.74, 6) is -1.58. The lowest BCUT2D eigenvalue weighted by atomic mass is 10.2. The molecule has 4 nitrogen and oxygen atoms in total. The van der Waals surface area contributed by atoms with Crippen LogP contribution in [0.1, 0.15) is 10.6 Å². The summed E-state index contributed by atoms with van der Waals surface area (Å²) in [6.07, 6.45) is 1.32. The van der Waals surface area contributed by atoms with Gasteiger partial charge in [-0.15, -0.1) is 0 Å². The number of carbonyl (C=O) groups excluding carboxylic acids is 2. The molecule has 0 unspecified atom stereocenters. The first kappa shape index (κ1) is 12.7. The molecule has 6 heteroatoms. The number of hydrogen-bond donors (Lipinski definition) is 1. The highest BCUT2D eigenvalue weighted by Gasteiger charge is 2.19. The second-order valence-corrected chi connectivity index (χ2v) is 4.20. The van der Waals surface area contributed by atoms with Crippen molar-refractivity contribution < 1.29 is 14.0 Å². The van der Waals surface area contributed by atoms with Gasteiger partial charge in [0, 0.05) is 5.69 Å². The molecule has 1 aromatic carbocycles. The fourth-order valence-corrected chi connectivity index (χ4v) is 1.58. The summed E-state index contributed by atoms with van der Waals surface area (Å²) >= 11 is 11.5. The largest absolute Gasteiger partial charge is 0.461 e. The van der Waals surface area contributed by atoms with Gasteiger partial charge in [0.25, 0.3) is 11.7 Å². The van der Waals surface area contributed by atoms with Gasteiger partial charge in [0.05, 0.1) is 16.3 Å². The fraction of sp³-hybridized carbons (Fsp3) is 0. The van der Waals surface area contributed by atoms with Crippen molar-refractivity contribution in [2.24, 2.45) is 0 Å². The molecule has 0 fully saturated rings. The molecular weight excluding hydrogens is 277 g/mol. The Bertz CT molecular complexity index is 593. The number of hydrogen-bond acceptors (Lipinski definition) is 3. The van der Waals surface area contributed by atoms with Gasteiger partial charge in [0.15, 0.2) is 5.76 Å². The second-order valence-electron chi connectivity index (χ2n) is 3.39. The van der Waals surface area contributed by atoms with E-state index in [1.54, 1.807) is 6.07 Å². The molecule has 2 rings (SSSR count). The van der Waals surface area contributed by atoms with Crippen LogP contribution in [-0.4, -0.2) is 11.7 Å². The maximum Gasteiger partial charge on any atom is 0.300 e. The zero-order valence-electron chi connectivity index (χ0n) is 8.94. The van der Waals surface area contributed by atoms with Crippen molar-refractivity contribution in [1.29, 1.82) is 0 Å². The molecule has 0 radical (unpaired) electrons. The maximum absolute atomic E-state index is 11.6. The third kappa shape index (κ3) is 2.72. The third-order valence-electron chi connectivity index (χ3n) is 2.13. The molecule has 1 aromatic heterocycles.